The number of carbonyl (C=O) groups is 1. The summed E-state index contributed by atoms with van der Waals surface area (Å²) in [6, 6.07) is 20.3. The van der Waals surface area contributed by atoms with E-state index in [-0.39, 0.29) is 19.2 Å². The summed E-state index contributed by atoms with van der Waals surface area (Å²) in [5.41, 5.74) is 5.59. The Bertz CT molecular complexity index is 1660. The van der Waals surface area contributed by atoms with Crippen LogP contribution in [-0.4, -0.2) is 64.6 Å². The Morgan fingerprint density at radius 3 is 2.59 bits per heavy atom. The van der Waals surface area contributed by atoms with Crippen LogP contribution in [0.4, 0.5) is 0 Å². The molecule has 0 aliphatic heterocycles. The molecule has 0 fully saturated rings. The number of likely N-dealkylation sites (N-methyl/N-ethyl adjacent to an activating group) is 1. The molecule has 0 atom stereocenters. The number of aryl methyl sites for hydroxylation is 2. The molecule has 3 aromatic carbocycles. The van der Waals surface area contributed by atoms with Gasteiger partial charge in [-0.05, 0) is 57.8 Å². The summed E-state index contributed by atoms with van der Waals surface area (Å²) >= 11 is 0. The van der Waals surface area contributed by atoms with Crippen LogP contribution in [0, 0.1) is 6.92 Å². The molecule has 8 heteroatoms. The predicted octanol–water partition coefficient (Wildman–Crippen LogP) is 5.74. The molecular formula is C33H38N4O4. The quantitative estimate of drug-likeness (QED) is 0.151. The van der Waals surface area contributed by atoms with E-state index in [1.54, 1.807) is 0 Å². The number of nitrogens with zero attached hydrogens (tertiary/aromatic N) is 3. The van der Waals surface area contributed by atoms with Gasteiger partial charge in [0.05, 0.1) is 43.3 Å². The number of hydrogen-bond acceptors (Lipinski definition) is 6. The van der Waals surface area contributed by atoms with E-state index in [0.29, 0.717) is 25.3 Å². The van der Waals surface area contributed by atoms with Gasteiger partial charge in [-0.25, -0.2) is 4.79 Å². The number of benzene rings is 3. The second kappa shape index (κ2) is 12.6. The number of aliphatic hydroxyl groups excluding tert-OH is 1. The van der Waals surface area contributed by atoms with E-state index in [9.17, 15) is 9.90 Å². The molecule has 2 aromatic heterocycles. The van der Waals surface area contributed by atoms with Crippen LogP contribution in [0.1, 0.15) is 40.8 Å². The number of carbonyl (C=O) groups excluding carboxylic acids is 1. The Labute approximate surface area is 240 Å². The molecule has 0 saturated heterocycles. The Hall–Kier alpha value is -4.14. The van der Waals surface area contributed by atoms with Gasteiger partial charge < -0.3 is 24.5 Å². The number of aromatic nitrogens is 3. The van der Waals surface area contributed by atoms with Crippen LogP contribution in [0.15, 0.2) is 60.7 Å². The number of aromatic amines is 1. The van der Waals surface area contributed by atoms with Crippen molar-refractivity contribution < 1.29 is 19.4 Å². The number of hydrogen-bond donors (Lipinski definition) is 2. The van der Waals surface area contributed by atoms with Crippen LogP contribution in [0.2, 0.25) is 0 Å². The van der Waals surface area contributed by atoms with Gasteiger partial charge in [-0.15, -0.1) is 0 Å². The standard InChI is InChI=1S/C33H38N4O4/c1-5-40-33(39)32-26(16-10-20-41-29-17-8-12-23-11-6-7-13-24(23)29)25-14-9-15-27(31(25)34-32)30-22(2)35-37(28(30)21-38)19-18-36(3)4/h6-9,11-15,17,34,38H,5,10,16,18-21H2,1-4H3. The molecule has 0 aliphatic rings. The molecule has 0 bridgehead atoms. The van der Waals surface area contributed by atoms with E-state index < -0.39 is 0 Å². The van der Waals surface area contributed by atoms with E-state index in [2.05, 4.69) is 28.1 Å². The van der Waals surface area contributed by atoms with E-state index >= 15 is 0 Å². The van der Waals surface area contributed by atoms with Gasteiger partial charge in [0.1, 0.15) is 11.4 Å². The summed E-state index contributed by atoms with van der Waals surface area (Å²) in [4.78, 5) is 18.6. The molecule has 5 rings (SSSR count). The van der Waals surface area contributed by atoms with Crippen molar-refractivity contribution in [2.24, 2.45) is 0 Å². The third-order valence-corrected chi connectivity index (χ3v) is 7.41. The highest BCUT2D eigenvalue weighted by Crippen LogP contribution is 2.36. The predicted molar refractivity (Wildman–Crippen MR) is 162 cm³/mol. The molecule has 0 saturated carbocycles. The van der Waals surface area contributed by atoms with Crippen LogP contribution in [-0.2, 0) is 24.3 Å². The zero-order chi connectivity index (χ0) is 28.9. The summed E-state index contributed by atoms with van der Waals surface area (Å²) in [7, 11) is 4.03. The van der Waals surface area contributed by atoms with Crippen molar-refractivity contribution in [2.75, 3.05) is 33.9 Å². The van der Waals surface area contributed by atoms with E-state index in [1.165, 1.54) is 0 Å². The van der Waals surface area contributed by atoms with Crippen molar-refractivity contribution in [1.82, 2.24) is 19.7 Å². The fraction of sp³-hybridized carbons (Fsp3) is 0.333. The van der Waals surface area contributed by atoms with Crippen molar-refractivity contribution in [1.29, 1.82) is 0 Å². The Morgan fingerprint density at radius 2 is 1.80 bits per heavy atom. The molecule has 0 spiro atoms. The third-order valence-electron chi connectivity index (χ3n) is 7.41. The first-order valence-corrected chi connectivity index (χ1v) is 14.2. The lowest BCUT2D eigenvalue weighted by Gasteiger charge is -2.12. The van der Waals surface area contributed by atoms with Gasteiger partial charge in [0.15, 0.2) is 0 Å². The number of nitrogens with one attached hydrogen (secondary N) is 1. The van der Waals surface area contributed by atoms with Gasteiger partial charge in [-0.2, -0.15) is 5.10 Å². The lowest BCUT2D eigenvalue weighted by Crippen LogP contribution is -2.20. The number of fused-ring (bicyclic) bond motifs is 2. The van der Waals surface area contributed by atoms with Gasteiger partial charge in [-0.3, -0.25) is 4.68 Å². The topological polar surface area (TPSA) is 92.6 Å². The minimum absolute atomic E-state index is 0.135. The maximum atomic E-state index is 13.1. The number of H-pyrrole nitrogens is 1. The Kier molecular flexibility index (Phi) is 8.71. The minimum atomic E-state index is -0.375. The number of ether oxygens (including phenoxy) is 2. The summed E-state index contributed by atoms with van der Waals surface area (Å²) in [6.45, 7) is 5.90. The fourth-order valence-corrected chi connectivity index (χ4v) is 5.49. The molecule has 0 unspecified atom stereocenters. The number of aliphatic hydroxyl groups is 1. The second-order valence-corrected chi connectivity index (χ2v) is 10.4. The first-order valence-electron chi connectivity index (χ1n) is 14.2. The Balaban J connectivity index is 1.47. The van der Waals surface area contributed by atoms with Crippen LogP contribution >= 0.6 is 0 Å². The highest BCUT2D eigenvalue weighted by Gasteiger charge is 2.24. The van der Waals surface area contributed by atoms with Gasteiger partial charge in [0, 0.05) is 28.4 Å². The zero-order valence-corrected chi connectivity index (χ0v) is 24.2. The molecule has 0 aliphatic carbocycles. The highest BCUT2D eigenvalue weighted by molar-refractivity contribution is 6.04. The maximum Gasteiger partial charge on any atom is 0.355 e. The molecule has 2 heterocycles. The molecule has 0 radical (unpaired) electrons. The van der Waals surface area contributed by atoms with Gasteiger partial charge in [0.2, 0.25) is 0 Å². The van der Waals surface area contributed by atoms with Crippen molar-refractivity contribution >= 4 is 27.6 Å². The molecule has 5 aromatic rings. The molecule has 41 heavy (non-hydrogen) atoms. The smallest absolute Gasteiger partial charge is 0.355 e. The molecule has 214 valence electrons. The monoisotopic (exact) mass is 554 g/mol. The minimum Gasteiger partial charge on any atom is -0.493 e. The molecule has 0 amide bonds. The van der Waals surface area contributed by atoms with E-state index in [0.717, 1.165) is 68.5 Å². The molecular weight excluding hydrogens is 516 g/mol. The van der Waals surface area contributed by atoms with Gasteiger partial charge >= 0.3 is 5.97 Å². The Morgan fingerprint density at radius 1 is 1.05 bits per heavy atom. The summed E-state index contributed by atoms with van der Waals surface area (Å²) in [5.74, 6) is 0.480. The number of rotatable bonds is 12. The zero-order valence-electron chi connectivity index (χ0n) is 24.2. The molecule has 2 N–H and O–H groups in total. The lowest BCUT2D eigenvalue weighted by molar-refractivity contribution is 0.0519. The average Bonchev–Trinajstić information content (AvgIpc) is 3.51. The van der Waals surface area contributed by atoms with Gasteiger partial charge in [0.25, 0.3) is 0 Å². The first-order chi connectivity index (χ1) is 19.9. The third kappa shape index (κ3) is 5.85. The average molecular weight is 555 g/mol. The normalized spacial score (nSPS) is 11.6. The van der Waals surface area contributed by atoms with E-state index in [1.807, 2.05) is 75.1 Å². The highest BCUT2D eigenvalue weighted by atomic mass is 16.5. The van der Waals surface area contributed by atoms with Crippen molar-refractivity contribution in [2.45, 2.75) is 39.8 Å². The summed E-state index contributed by atoms with van der Waals surface area (Å²) < 4.78 is 13.5. The van der Waals surface area contributed by atoms with E-state index in [4.69, 9.17) is 14.6 Å². The van der Waals surface area contributed by atoms with Crippen LogP contribution < -0.4 is 4.74 Å². The lowest BCUT2D eigenvalue weighted by atomic mass is 9.98. The molecule has 8 nitrogen and oxygen atoms in total. The number of esters is 1. The van der Waals surface area contributed by atoms with Crippen LogP contribution in [0.5, 0.6) is 5.75 Å². The first kappa shape index (κ1) is 28.4. The summed E-state index contributed by atoms with van der Waals surface area (Å²) in [6.07, 6.45) is 1.35. The summed E-state index contributed by atoms with van der Waals surface area (Å²) in [5, 5.41) is 18.3. The van der Waals surface area contributed by atoms with Crippen molar-refractivity contribution in [3.8, 4) is 16.9 Å². The van der Waals surface area contributed by atoms with Crippen LogP contribution in [0.25, 0.3) is 32.8 Å². The van der Waals surface area contributed by atoms with Crippen molar-refractivity contribution in [3.63, 3.8) is 0 Å². The second-order valence-electron chi connectivity index (χ2n) is 10.4. The van der Waals surface area contributed by atoms with Crippen molar-refractivity contribution in [3.05, 3.63) is 83.3 Å². The largest absolute Gasteiger partial charge is 0.493 e. The SMILES string of the molecule is CCOC(=O)c1[nH]c2c(-c3c(C)nn(CCN(C)C)c3CO)cccc2c1CCCOc1cccc2ccccc12. The van der Waals surface area contributed by atoms with Gasteiger partial charge in [-0.1, -0.05) is 54.6 Å². The maximum absolute atomic E-state index is 13.1. The van der Waals surface area contributed by atoms with Crippen LogP contribution in [0.3, 0.4) is 0 Å². The fourth-order valence-electron chi connectivity index (χ4n) is 5.49. The number of para-hydroxylation sites is 1.